The Labute approximate surface area is 114 Å². The number of nitrogens with one attached hydrogen (secondary N) is 1. The summed E-state index contributed by atoms with van der Waals surface area (Å²) in [5, 5.41) is 3.28. The molecule has 1 amide bonds. The van der Waals surface area contributed by atoms with Crippen LogP contribution >= 0.6 is 12.4 Å². The molecule has 1 aliphatic rings. The van der Waals surface area contributed by atoms with Crippen LogP contribution in [0.25, 0.3) is 0 Å². The highest BCUT2D eigenvalue weighted by molar-refractivity contribution is 5.85. The zero-order valence-electron chi connectivity index (χ0n) is 10.9. The number of carbonyl (C=O) groups is 1. The Balaban J connectivity index is 0.00000162. The van der Waals surface area contributed by atoms with Gasteiger partial charge in [-0.05, 0) is 38.9 Å². The molecule has 1 N–H and O–H groups in total. The van der Waals surface area contributed by atoms with Crippen molar-refractivity contribution in [2.24, 2.45) is 5.92 Å². The predicted molar refractivity (Wildman–Crippen MR) is 72.8 cm³/mol. The van der Waals surface area contributed by atoms with Gasteiger partial charge in [0.2, 0.25) is 5.91 Å². The van der Waals surface area contributed by atoms with Crippen LogP contribution in [0.4, 0.5) is 0 Å². The summed E-state index contributed by atoms with van der Waals surface area (Å²) in [6.45, 7) is 4.48. The number of furan rings is 1. The molecule has 1 fully saturated rings. The van der Waals surface area contributed by atoms with E-state index in [0.717, 1.165) is 37.3 Å². The third-order valence-corrected chi connectivity index (χ3v) is 3.44. The molecular weight excluding hydrogens is 252 g/mol. The van der Waals surface area contributed by atoms with E-state index < -0.39 is 0 Å². The van der Waals surface area contributed by atoms with Crippen molar-refractivity contribution in [3.63, 3.8) is 0 Å². The first kappa shape index (κ1) is 15.1. The van der Waals surface area contributed by atoms with Crippen LogP contribution in [0.15, 0.2) is 16.7 Å². The van der Waals surface area contributed by atoms with Gasteiger partial charge in [-0.2, -0.15) is 0 Å². The Bertz CT molecular complexity index is 386. The van der Waals surface area contributed by atoms with E-state index >= 15 is 0 Å². The van der Waals surface area contributed by atoms with Gasteiger partial charge in [0, 0.05) is 25.1 Å². The van der Waals surface area contributed by atoms with Crippen molar-refractivity contribution in [2.45, 2.75) is 26.3 Å². The van der Waals surface area contributed by atoms with E-state index in [2.05, 4.69) is 5.32 Å². The van der Waals surface area contributed by atoms with E-state index in [-0.39, 0.29) is 24.2 Å². The van der Waals surface area contributed by atoms with Crippen molar-refractivity contribution in [2.75, 3.05) is 20.1 Å². The number of carbonyl (C=O) groups excluding carboxylic acids is 1. The average Bonchev–Trinajstić information content (AvgIpc) is 2.75. The van der Waals surface area contributed by atoms with E-state index in [4.69, 9.17) is 4.42 Å². The summed E-state index contributed by atoms with van der Waals surface area (Å²) in [6.07, 6.45) is 3.58. The molecule has 0 unspecified atom stereocenters. The summed E-state index contributed by atoms with van der Waals surface area (Å²) < 4.78 is 5.24. The second-order valence-corrected chi connectivity index (χ2v) is 4.72. The number of halogens is 1. The third-order valence-electron chi connectivity index (χ3n) is 3.44. The van der Waals surface area contributed by atoms with Crippen LogP contribution in [-0.2, 0) is 11.3 Å². The molecule has 0 spiro atoms. The fourth-order valence-electron chi connectivity index (χ4n) is 2.29. The molecule has 0 aromatic carbocycles. The van der Waals surface area contributed by atoms with Gasteiger partial charge in [-0.25, -0.2) is 0 Å². The van der Waals surface area contributed by atoms with Gasteiger partial charge >= 0.3 is 0 Å². The number of hydrogen-bond acceptors (Lipinski definition) is 3. The molecule has 1 aromatic rings. The third kappa shape index (κ3) is 3.50. The lowest BCUT2D eigenvalue weighted by Gasteiger charge is -2.26. The first-order valence-electron chi connectivity index (χ1n) is 6.17. The molecule has 102 valence electrons. The fourth-order valence-corrected chi connectivity index (χ4v) is 2.29. The fraction of sp³-hybridized carbons (Fsp3) is 0.615. The molecule has 4 nitrogen and oxygen atoms in total. The summed E-state index contributed by atoms with van der Waals surface area (Å²) in [6, 6.07) is 1.93. The lowest BCUT2D eigenvalue weighted by molar-refractivity contribution is -0.135. The van der Waals surface area contributed by atoms with Crippen molar-refractivity contribution in [3.8, 4) is 0 Å². The Morgan fingerprint density at radius 1 is 1.50 bits per heavy atom. The van der Waals surface area contributed by atoms with Crippen LogP contribution in [0.2, 0.25) is 0 Å². The minimum atomic E-state index is 0. The molecule has 0 saturated carbocycles. The Morgan fingerprint density at radius 3 is 2.72 bits per heavy atom. The van der Waals surface area contributed by atoms with Crippen LogP contribution in [0.3, 0.4) is 0 Å². The molecule has 1 aromatic heterocycles. The second-order valence-electron chi connectivity index (χ2n) is 4.72. The molecular formula is C13H21ClN2O2. The van der Waals surface area contributed by atoms with Crippen molar-refractivity contribution < 1.29 is 9.21 Å². The molecule has 0 atom stereocenters. The van der Waals surface area contributed by atoms with E-state index in [9.17, 15) is 4.79 Å². The van der Waals surface area contributed by atoms with Crippen LogP contribution < -0.4 is 5.32 Å². The highest BCUT2D eigenvalue weighted by Gasteiger charge is 2.24. The van der Waals surface area contributed by atoms with Crippen LogP contribution in [0.5, 0.6) is 0 Å². The van der Waals surface area contributed by atoms with Gasteiger partial charge in [-0.1, -0.05) is 0 Å². The van der Waals surface area contributed by atoms with Gasteiger partial charge in [0.25, 0.3) is 0 Å². The maximum atomic E-state index is 12.2. The Kier molecular flexibility index (Phi) is 5.69. The maximum Gasteiger partial charge on any atom is 0.225 e. The van der Waals surface area contributed by atoms with Crippen LogP contribution in [0.1, 0.15) is 24.2 Å². The van der Waals surface area contributed by atoms with E-state index in [1.807, 2.05) is 24.9 Å². The van der Waals surface area contributed by atoms with Crippen LogP contribution in [-0.4, -0.2) is 30.9 Å². The van der Waals surface area contributed by atoms with Gasteiger partial charge in [0.1, 0.15) is 5.76 Å². The van der Waals surface area contributed by atoms with Gasteiger partial charge in [0.05, 0.1) is 6.26 Å². The lowest BCUT2D eigenvalue weighted by Crippen LogP contribution is -2.38. The number of piperidine rings is 1. The molecule has 0 radical (unpaired) electrons. The monoisotopic (exact) mass is 272 g/mol. The molecule has 2 rings (SSSR count). The van der Waals surface area contributed by atoms with E-state index in [1.165, 1.54) is 0 Å². The molecule has 1 saturated heterocycles. The topological polar surface area (TPSA) is 45.5 Å². The second kappa shape index (κ2) is 6.81. The summed E-state index contributed by atoms with van der Waals surface area (Å²) in [5.41, 5.74) is 1.09. The number of aryl methyl sites for hydroxylation is 1. The van der Waals surface area contributed by atoms with Gasteiger partial charge in [-0.3, -0.25) is 4.79 Å². The zero-order chi connectivity index (χ0) is 12.3. The average molecular weight is 273 g/mol. The number of rotatable bonds is 3. The molecule has 1 aliphatic heterocycles. The maximum absolute atomic E-state index is 12.2. The highest BCUT2D eigenvalue weighted by atomic mass is 35.5. The van der Waals surface area contributed by atoms with Gasteiger partial charge < -0.3 is 14.6 Å². The van der Waals surface area contributed by atoms with E-state index in [0.29, 0.717) is 6.54 Å². The Hall–Kier alpha value is -1.00. The quantitative estimate of drug-likeness (QED) is 0.915. The molecule has 18 heavy (non-hydrogen) atoms. The van der Waals surface area contributed by atoms with Crippen molar-refractivity contribution in [1.82, 2.24) is 10.2 Å². The summed E-state index contributed by atoms with van der Waals surface area (Å²) in [7, 11) is 1.87. The largest absolute Gasteiger partial charge is 0.469 e. The van der Waals surface area contributed by atoms with Crippen molar-refractivity contribution in [1.29, 1.82) is 0 Å². The first-order valence-corrected chi connectivity index (χ1v) is 6.17. The summed E-state index contributed by atoms with van der Waals surface area (Å²) in [4.78, 5) is 14.0. The van der Waals surface area contributed by atoms with E-state index in [1.54, 1.807) is 6.26 Å². The molecule has 2 heterocycles. The summed E-state index contributed by atoms with van der Waals surface area (Å²) in [5.74, 6) is 1.34. The predicted octanol–water partition coefficient (Wildman–Crippen LogP) is 1.97. The number of nitrogens with zero attached hydrogens (tertiary/aromatic N) is 1. The highest BCUT2D eigenvalue weighted by Crippen LogP contribution is 2.17. The van der Waals surface area contributed by atoms with Crippen LogP contribution in [0, 0.1) is 12.8 Å². The minimum absolute atomic E-state index is 0. The zero-order valence-corrected chi connectivity index (χ0v) is 11.8. The first-order chi connectivity index (χ1) is 8.18. The Morgan fingerprint density at radius 2 is 2.17 bits per heavy atom. The lowest BCUT2D eigenvalue weighted by atomic mass is 9.96. The van der Waals surface area contributed by atoms with Crippen molar-refractivity contribution >= 4 is 18.3 Å². The van der Waals surface area contributed by atoms with Crippen molar-refractivity contribution in [3.05, 3.63) is 23.7 Å². The SMILES string of the molecule is Cc1occc1CN(C)C(=O)C1CCNCC1.Cl. The smallest absolute Gasteiger partial charge is 0.225 e. The number of hydrogen-bond donors (Lipinski definition) is 1. The minimum Gasteiger partial charge on any atom is -0.469 e. The standard InChI is InChI=1S/C13H20N2O2.ClH/c1-10-12(5-8-17-10)9-15(2)13(16)11-3-6-14-7-4-11;/h5,8,11,14H,3-4,6-7,9H2,1-2H3;1H. The molecule has 5 heteroatoms. The molecule has 0 bridgehead atoms. The van der Waals surface area contributed by atoms with Gasteiger partial charge in [-0.15, -0.1) is 12.4 Å². The van der Waals surface area contributed by atoms with Gasteiger partial charge in [0.15, 0.2) is 0 Å². The number of amides is 1. The summed E-state index contributed by atoms with van der Waals surface area (Å²) >= 11 is 0. The normalized spacial score (nSPS) is 16.1. The molecule has 0 aliphatic carbocycles.